The van der Waals surface area contributed by atoms with E-state index in [1.807, 2.05) is 82.8 Å². The van der Waals surface area contributed by atoms with Crippen LogP contribution >= 0.6 is 0 Å². The monoisotopic (exact) mass is 717 g/mol. The molecule has 1 heterocycles. The lowest BCUT2D eigenvalue weighted by atomic mass is 9.89. The SMILES string of the molecule is CC[C@H](C)[C@@H]([C@H](CC(=O)N1CCC[C@H]1[C@H](OC)[C@@H](C)C(=O)NCCc1ccc(N)cc1)OC)N(C)C(=O)[C@@H](NC(=O)[C@H](C(C)C)N(C)C)C(C)C. The first-order valence-corrected chi connectivity index (χ1v) is 18.7. The molecule has 0 bridgehead atoms. The number of nitrogens with one attached hydrogen (secondary N) is 2. The zero-order valence-corrected chi connectivity index (χ0v) is 33.4. The molecule has 0 saturated carbocycles. The van der Waals surface area contributed by atoms with Crippen LogP contribution < -0.4 is 16.4 Å². The maximum Gasteiger partial charge on any atom is 0.245 e. The Bertz CT molecular complexity index is 1250. The molecule has 1 aromatic rings. The summed E-state index contributed by atoms with van der Waals surface area (Å²) in [5.41, 5.74) is 7.57. The first-order chi connectivity index (χ1) is 24.0. The Kier molecular flexibility index (Phi) is 17.9. The van der Waals surface area contributed by atoms with Crippen LogP contribution in [0.3, 0.4) is 0 Å². The van der Waals surface area contributed by atoms with Crippen LogP contribution in [-0.4, -0.2) is 123 Å². The number of anilines is 1. The molecule has 0 unspecified atom stereocenters. The van der Waals surface area contributed by atoms with E-state index in [1.54, 1.807) is 26.2 Å². The molecule has 12 nitrogen and oxygen atoms in total. The highest BCUT2D eigenvalue weighted by molar-refractivity contribution is 5.90. The summed E-state index contributed by atoms with van der Waals surface area (Å²) in [7, 11) is 8.64. The average molecular weight is 717 g/mol. The second-order valence-electron chi connectivity index (χ2n) is 15.3. The van der Waals surface area contributed by atoms with E-state index in [0.29, 0.717) is 25.2 Å². The number of nitrogens with two attached hydrogens (primary N) is 1. The Morgan fingerprint density at radius 3 is 2.08 bits per heavy atom. The summed E-state index contributed by atoms with van der Waals surface area (Å²) in [4.78, 5) is 60.3. The van der Waals surface area contributed by atoms with Crippen molar-refractivity contribution in [3.05, 3.63) is 29.8 Å². The Morgan fingerprint density at radius 2 is 1.57 bits per heavy atom. The molecule has 4 amide bonds. The van der Waals surface area contributed by atoms with Crippen molar-refractivity contribution in [2.24, 2.45) is 23.7 Å². The molecule has 2 rings (SSSR count). The van der Waals surface area contributed by atoms with E-state index in [0.717, 1.165) is 24.8 Å². The van der Waals surface area contributed by atoms with Gasteiger partial charge in [0.05, 0.1) is 42.7 Å². The van der Waals surface area contributed by atoms with Gasteiger partial charge in [0, 0.05) is 40.0 Å². The Morgan fingerprint density at radius 1 is 0.941 bits per heavy atom. The predicted octanol–water partition coefficient (Wildman–Crippen LogP) is 3.57. The number of hydrogen-bond donors (Lipinski definition) is 3. The Balaban J connectivity index is 2.21. The summed E-state index contributed by atoms with van der Waals surface area (Å²) in [6.45, 7) is 14.8. The fourth-order valence-corrected chi connectivity index (χ4v) is 7.59. The van der Waals surface area contributed by atoms with Gasteiger partial charge in [-0.05, 0) is 68.8 Å². The molecular formula is C39H68N6O6. The molecule has 0 aromatic heterocycles. The lowest BCUT2D eigenvalue weighted by molar-refractivity contribution is -0.148. The number of benzene rings is 1. The van der Waals surface area contributed by atoms with Gasteiger partial charge in [-0.2, -0.15) is 0 Å². The molecule has 0 spiro atoms. The van der Waals surface area contributed by atoms with E-state index in [-0.39, 0.29) is 59.9 Å². The largest absolute Gasteiger partial charge is 0.399 e. The molecule has 12 heteroatoms. The van der Waals surface area contributed by atoms with Crippen molar-refractivity contribution in [2.45, 2.75) is 117 Å². The van der Waals surface area contributed by atoms with Gasteiger partial charge in [-0.1, -0.05) is 67.0 Å². The summed E-state index contributed by atoms with van der Waals surface area (Å²) < 4.78 is 11.9. The van der Waals surface area contributed by atoms with Crippen LogP contribution in [-0.2, 0) is 35.1 Å². The van der Waals surface area contributed by atoms with Gasteiger partial charge in [0.15, 0.2) is 0 Å². The molecule has 51 heavy (non-hydrogen) atoms. The van der Waals surface area contributed by atoms with Gasteiger partial charge in [0.2, 0.25) is 23.6 Å². The van der Waals surface area contributed by atoms with Crippen molar-refractivity contribution in [2.75, 3.05) is 54.2 Å². The maximum absolute atomic E-state index is 14.2. The molecule has 1 aliphatic heterocycles. The number of amides is 4. The van der Waals surface area contributed by atoms with Crippen molar-refractivity contribution < 1.29 is 28.7 Å². The van der Waals surface area contributed by atoms with Crippen molar-refractivity contribution in [3.8, 4) is 0 Å². The summed E-state index contributed by atoms with van der Waals surface area (Å²) in [6.07, 6.45) is 1.93. The Hall–Kier alpha value is -3.22. The van der Waals surface area contributed by atoms with Gasteiger partial charge >= 0.3 is 0 Å². The number of methoxy groups -OCH3 is 2. The van der Waals surface area contributed by atoms with Crippen LogP contribution in [0, 0.1) is 23.7 Å². The summed E-state index contributed by atoms with van der Waals surface area (Å²) >= 11 is 0. The standard InChI is InChI=1S/C39H68N6O6/c1-13-26(6)35(44(10)39(49)33(24(2)3)42-38(48)34(25(4)5)43(8)9)31(50-11)23-32(46)45-22-14-15-30(45)36(51-12)27(7)37(47)41-21-20-28-16-18-29(40)19-17-28/h16-19,24-27,30-31,33-36H,13-15,20-23,40H2,1-12H3,(H,41,47)(H,42,48)/t26-,27+,30-,31-,33-,34-,35-,36+/m0/s1. The van der Waals surface area contributed by atoms with Crippen LogP contribution in [0.4, 0.5) is 5.69 Å². The normalized spacial score (nSPS) is 19.0. The fraction of sp³-hybridized carbons (Fsp3) is 0.744. The van der Waals surface area contributed by atoms with E-state index >= 15 is 0 Å². The second-order valence-corrected chi connectivity index (χ2v) is 15.3. The predicted molar refractivity (Wildman–Crippen MR) is 203 cm³/mol. The maximum atomic E-state index is 14.2. The van der Waals surface area contributed by atoms with Crippen molar-refractivity contribution in [3.63, 3.8) is 0 Å². The lowest BCUT2D eigenvalue weighted by Gasteiger charge is -2.41. The first-order valence-electron chi connectivity index (χ1n) is 18.7. The number of carbonyl (C=O) groups is 4. The molecule has 8 atom stereocenters. The highest BCUT2D eigenvalue weighted by Crippen LogP contribution is 2.29. The van der Waals surface area contributed by atoms with E-state index < -0.39 is 30.2 Å². The minimum absolute atomic E-state index is 0.00320. The number of nitrogens with zero attached hydrogens (tertiary/aromatic N) is 3. The zero-order chi connectivity index (χ0) is 38.6. The van der Waals surface area contributed by atoms with E-state index in [1.165, 1.54) is 0 Å². The van der Waals surface area contributed by atoms with Gasteiger partial charge < -0.3 is 35.6 Å². The summed E-state index contributed by atoms with van der Waals surface area (Å²) in [6, 6.07) is 5.77. The van der Waals surface area contributed by atoms with Crippen LogP contribution in [0.5, 0.6) is 0 Å². The molecule has 4 N–H and O–H groups in total. The van der Waals surface area contributed by atoms with E-state index in [9.17, 15) is 19.2 Å². The number of likely N-dealkylation sites (N-methyl/N-ethyl adjacent to an activating group) is 2. The number of nitrogen functional groups attached to an aromatic ring is 1. The molecule has 1 aromatic carbocycles. The van der Waals surface area contributed by atoms with Crippen LogP contribution in [0.15, 0.2) is 24.3 Å². The fourth-order valence-electron chi connectivity index (χ4n) is 7.59. The van der Waals surface area contributed by atoms with Crippen LogP contribution in [0.1, 0.15) is 79.7 Å². The molecular weight excluding hydrogens is 648 g/mol. The molecule has 1 aliphatic rings. The lowest BCUT2D eigenvalue weighted by Crippen LogP contribution is -2.59. The van der Waals surface area contributed by atoms with E-state index in [2.05, 4.69) is 24.5 Å². The van der Waals surface area contributed by atoms with Crippen molar-refractivity contribution >= 4 is 29.3 Å². The third kappa shape index (κ3) is 11.9. The number of hydrogen-bond acceptors (Lipinski definition) is 8. The van der Waals surface area contributed by atoms with Crippen molar-refractivity contribution in [1.29, 1.82) is 0 Å². The molecule has 1 fully saturated rings. The highest BCUT2D eigenvalue weighted by Gasteiger charge is 2.43. The minimum atomic E-state index is -0.743. The highest BCUT2D eigenvalue weighted by atomic mass is 16.5. The number of ether oxygens (including phenoxy) is 2. The quantitative estimate of drug-likeness (QED) is 0.174. The van der Waals surface area contributed by atoms with Crippen LogP contribution in [0.2, 0.25) is 0 Å². The number of carbonyl (C=O) groups excluding carboxylic acids is 4. The van der Waals surface area contributed by atoms with Gasteiger partial charge in [-0.3, -0.25) is 24.1 Å². The molecule has 0 radical (unpaired) electrons. The smallest absolute Gasteiger partial charge is 0.245 e. The van der Waals surface area contributed by atoms with Gasteiger partial charge in [0.25, 0.3) is 0 Å². The van der Waals surface area contributed by atoms with Crippen LogP contribution in [0.25, 0.3) is 0 Å². The number of rotatable bonds is 20. The number of likely N-dealkylation sites (tertiary alicyclic amines) is 1. The third-order valence-electron chi connectivity index (χ3n) is 10.6. The summed E-state index contributed by atoms with van der Waals surface area (Å²) in [5, 5.41) is 6.07. The molecule has 0 aliphatic carbocycles. The molecule has 1 saturated heterocycles. The second kappa shape index (κ2) is 20.7. The first kappa shape index (κ1) is 43.9. The average Bonchev–Trinajstić information content (AvgIpc) is 3.56. The van der Waals surface area contributed by atoms with Gasteiger partial charge in [-0.15, -0.1) is 0 Å². The molecule has 290 valence electrons. The van der Waals surface area contributed by atoms with Gasteiger partial charge in [0.1, 0.15) is 6.04 Å². The topological polar surface area (TPSA) is 147 Å². The van der Waals surface area contributed by atoms with Gasteiger partial charge in [-0.25, -0.2) is 0 Å². The van der Waals surface area contributed by atoms with E-state index in [4.69, 9.17) is 15.2 Å². The minimum Gasteiger partial charge on any atom is -0.399 e. The summed E-state index contributed by atoms with van der Waals surface area (Å²) in [5.74, 6) is -1.21. The third-order valence-corrected chi connectivity index (χ3v) is 10.6. The Labute approximate surface area is 307 Å². The van der Waals surface area contributed by atoms with Crippen molar-refractivity contribution in [1.82, 2.24) is 25.3 Å². The zero-order valence-electron chi connectivity index (χ0n) is 33.4.